The SMILES string of the molecule is COc1cc(OC)c(C=Nc2cccc(C(=O)CN)c2)cc1Br. The summed E-state index contributed by atoms with van der Waals surface area (Å²) in [4.78, 5) is 16.0. The first-order valence-electron chi connectivity index (χ1n) is 6.88. The molecule has 0 saturated heterocycles. The van der Waals surface area contributed by atoms with Crippen molar-refractivity contribution in [3.05, 3.63) is 52.0 Å². The first kappa shape index (κ1) is 17.2. The molecule has 6 heteroatoms. The Hall–Kier alpha value is -2.18. The molecule has 0 aliphatic carbocycles. The summed E-state index contributed by atoms with van der Waals surface area (Å²) in [6.07, 6.45) is 1.68. The highest BCUT2D eigenvalue weighted by Crippen LogP contribution is 2.32. The number of nitrogens with zero attached hydrogens (tertiary/aromatic N) is 1. The van der Waals surface area contributed by atoms with Crippen LogP contribution < -0.4 is 15.2 Å². The van der Waals surface area contributed by atoms with Gasteiger partial charge in [0.05, 0.1) is 30.9 Å². The monoisotopic (exact) mass is 376 g/mol. The average molecular weight is 377 g/mol. The Morgan fingerprint density at radius 3 is 2.61 bits per heavy atom. The maximum atomic E-state index is 11.6. The summed E-state index contributed by atoms with van der Waals surface area (Å²) in [5.41, 5.74) is 7.38. The lowest BCUT2D eigenvalue weighted by Gasteiger charge is -2.09. The Balaban J connectivity index is 2.33. The van der Waals surface area contributed by atoms with Gasteiger partial charge in [-0.15, -0.1) is 0 Å². The predicted molar refractivity (Wildman–Crippen MR) is 94.3 cm³/mol. The van der Waals surface area contributed by atoms with Crippen LogP contribution in [0.25, 0.3) is 0 Å². The van der Waals surface area contributed by atoms with E-state index in [4.69, 9.17) is 15.2 Å². The third-order valence-electron chi connectivity index (χ3n) is 3.21. The summed E-state index contributed by atoms with van der Waals surface area (Å²) in [6.45, 7) is -0.0214. The lowest BCUT2D eigenvalue weighted by Crippen LogP contribution is -2.13. The van der Waals surface area contributed by atoms with Crippen LogP contribution in [0.5, 0.6) is 11.5 Å². The predicted octanol–water partition coefficient (Wildman–Crippen LogP) is 3.36. The van der Waals surface area contributed by atoms with E-state index in [1.165, 1.54) is 0 Å². The van der Waals surface area contributed by atoms with Crippen LogP contribution in [0, 0.1) is 0 Å². The fourth-order valence-corrected chi connectivity index (χ4v) is 2.53. The number of methoxy groups -OCH3 is 2. The molecule has 0 aromatic heterocycles. The smallest absolute Gasteiger partial charge is 0.176 e. The number of carbonyl (C=O) groups is 1. The largest absolute Gasteiger partial charge is 0.496 e. The van der Waals surface area contributed by atoms with Gasteiger partial charge in [0, 0.05) is 23.4 Å². The van der Waals surface area contributed by atoms with Crippen LogP contribution in [0.2, 0.25) is 0 Å². The van der Waals surface area contributed by atoms with E-state index >= 15 is 0 Å². The Morgan fingerprint density at radius 1 is 1.22 bits per heavy atom. The molecule has 0 heterocycles. The summed E-state index contributed by atoms with van der Waals surface area (Å²) in [5, 5.41) is 0. The molecule has 0 amide bonds. The second-order valence-electron chi connectivity index (χ2n) is 4.66. The van der Waals surface area contributed by atoms with Crippen molar-refractivity contribution in [1.82, 2.24) is 0 Å². The summed E-state index contributed by atoms with van der Waals surface area (Å²) in [5.74, 6) is 1.20. The van der Waals surface area contributed by atoms with E-state index in [-0.39, 0.29) is 12.3 Å². The molecule has 0 aliphatic heterocycles. The molecule has 2 aromatic rings. The van der Waals surface area contributed by atoms with Gasteiger partial charge in [-0.25, -0.2) is 0 Å². The molecule has 0 bridgehead atoms. The van der Waals surface area contributed by atoms with E-state index < -0.39 is 0 Å². The minimum atomic E-state index is -0.119. The minimum absolute atomic E-state index is 0.0214. The summed E-state index contributed by atoms with van der Waals surface area (Å²) in [7, 11) is 3.17. The number of halogens is 1. The van der Waals surface area contributed by atoms with Crippen molar-refractivity contribution in [2.45, 2.75) is 0 Å². The van der Waals surface area contributed by atoms with Crippen molar-refractivity contribution in [2.75, 3.05) is 20.8 Å². The van der Waals surface area contributed by atoms with Crippen LogP contribution >= 0.6 is 15.9 Å². The second kappa shape index (κ2) is 7.89. The van der Waals surface area contributed by atoms with E-state index in [2.05, 4.69) is 20.9 Å². The molecular formula is C17H17BrN2O3. The van der Waals surface area contributed by atoms with Crippen LogP contribution in [0.15, 0.2) is 45.9 Å². The molecule has 2 rings (SSSR count). The van der Waals surface area contributed by atoms with E-state index in [1.54, 1.807) is 44.7 Å². The molecule has 2 aromatic carbocycles. The average Bonchev–Trinajstić information content (AvgIpc) is 2.59. The maximum Gasteiger partial charge on any atom is 0.176 e. The first-order valence-corrected chi connectivity index (χ1v) is 7.67. The number of Topliss-reactive ketones (excluding diaryl/α,β-unsaturated/α-hetero) is 1. The summed E-state index contributed by atoms with van der Waals surface area (Å²) < 4.78 is 11.4. The zero-order valence-electron chi connectivity index (χ0n) is 12.9. The molecule has 0 unspecified atom stereocenters. The van der Waals surface area contributed by atoms with Crippen LogP contribution in [0.4, 0.5) is 5.69 Å². The van der Waals surface area contributed by atoms with Gasteiger partial charge in [0.2, 0.25) is 0 Å². The zero-order chi connectivity index (χ0) is 16.8. The highest BCUT2D eigenvalue weighted by Gasteiger charge is 2.08. The Labute approximate surface area is 143 Å². The van der Waals surface area contributed by atoms with Crippen LogP contribution in [-0.4, -0.2) is 32.8 Å². The molecule has 0 fully saturated rings. The van der Waals surface area contributed by atoms with Gasteiger partial charge in [-0.3, -0.25) is 9.79 Å². The van der Waals surface area contributed by atoms with Gasteiger partial charge in [-0.1, -0.05) is 12.1 Å². The zero-order valence-corrected chi connectivity index (χ0v) is 14.5. The van der Waals surface area contributed by atoms with E-state index in [1.807, 2.05) is 12.1 Å². The fraction of sp³-hybridized carbons (Fsp3) is 0.176. The Bertz CT molecular complexity index is 745. The van der Waals surface area contributed by atoms with Crippen molar-refractivity contribution in [2.24, 2.45) is 10.7 Å². The molecule has 0 aliphatic rings. The number of ether oxygens (including phenoxy) is 2. The Kier molecular flexibility index (Phi) is 5.90. The second-order valence-corrected chi connectivity index (χ2v) is 5.52. The van der Waals surface area contributed by atoms with Gasteiger partial charge < -0.3 is 15.2 Å². The summed E-state index contributed by atoms with van der Waals surface area (Å²) in [6, 6.07) is 10.6. The summed E-state index contributed by atoms with van der Waals surface area (Å²) >= 11 is 3.44. The number of benzene rings is 2. The van der Waals surface area contributed by atoms with Gasteiger partial charge in [0.15, 0.2) is 5.78 Å². The molecule has 23 heavy (non-hydrogen) atoms. The van der Waals surface area contributed by atoms with Crippen LogP contribution in [0.3, 0.4) is 0 Å². The van der Waals surface area contributed by atoms with Gasteiger partial charge in [-0.05, 0) is 34.1 Å². The minimum Gasteiger partial charge on any atom is -0.496 e. The molecular weight excluding hydrogens is 360 g/mol. The number of hydrogen-bond acceptors (Lipinski definition) is 5. The molecule has 0 atom stereocenters. The van der Waals surface area contributed by atoms with Crippen molar-refractivity contribution < 1.29 is 14.3 Å². The van der Waals surface area contributed by atoms with Crippen molar-refractivity contribution >= 4 is 33.6 Å². The van der Waals surface area contributed by atoms with Gasteiger partial charge in [-0.2, -0.15) is 0 Å². The maximum absolute atomic E-state index is 11.6. The third kappa shape index (κ3) is 4.18. The number of hydrogen-bond donors (Lipinski definition) is 1. The fourth-order valence-electron chi connectivity index (χ4n) is 2.01. The number of carbonyl (C=O) groups excluding carboxylic acids is 1. The quantitative estimate of drug-likeness (QED) is 0.619. The van der Waals surface area contributed by atoms with Crippen molar-refractivity contribution in [3.8, 4) is 11.5 Å². The third-order valence-corrected chi connectivity index (χ3v) is 3.83. The molecule has 0 radical (unpaired) electrons. The van der Waals surface area contributed by atoms with Gasteiger partial charge in [0.25, 0.3) is 0 Å². The van der Waals surface area contributed by atoms with E-state index in [0.29, 0.717) is 22.7 Å². The van der Waals surface area contributed by atoms with Crippen molar-refractivity contribution in [1.29, 1.82) is 0 Å². The standard InChI is InChI=1S/C17H17BrN2O3/c1-22-16-8-17(23-2)14(18)7-12(16)10-20-13-5-3-4-11(6-13)15(21)9-19/h3-8,10H,9,19H2,1-2H3. The first-order chi connectivity index (χ1) is 11.1. The lowest BCUT2D eigenvalue weighted by molar-refractivity contribution is 0.100. The topological polar surface area (TPSA) is 73.9 Å². The highest BCUT2D eigenvalue weighted by molar-refractivity contribution is 9.10. The van der Waals surface area contributed by atoms with Gasteiger partial charge in [0.1, 0.15) is 11.5 Å². The normalized spacial score (nSPS) is 10.8. The molecule has 5 nitrogen and oxygen atoms in total. The molecule has 0 spiro atoms. The van der Waals surface area contributed by atoms with Crippen molar-refractivity contribution in [3.63, 3.8) is 0 Å². The number of rotatable bonds is 6. The molecule has 120 valence electrons. The number of nitrogens with two attached hydrogens (primary N) is 1. The molecule has 2 N–H and O–H groups in total. The van der Waals surface area contributed by atoms with E-state index in [0.717, 1.165) is 10.0 Å². The number of aliphatic imine (C=N–C) groups is 1. The van der Waals surface area contributed by atoms with E-state index in [9.17, 15) is 4.79 Å². The molecule has 0 saturated carbocycles. The number of ketones is 1. The van der Waals surface area contributed by atoms with Crippen LogP contribution in [-0.2, 0) is 0 Å². The van der Waals surface area contributed by atoms with Gasteiger partial charge >= 0.3 is 0 Å². The Morgan fingerprint density at radius 2 is 1.96 bits per heavy atom. The van der Waals surface area contributed by atoms with Crippen LogP contribution in [0.1, 0.15) is 15.9 Å². The lowest BCUT2D eigenvalue weighted by atomic mass is 10.1. The highest BCUT2D eigenvalue weighted by atomic mass is 79.9.